The molecular weight excluding hydrogens is 388 g/mol. The van der Waals surface area contributed by atoms with Crippen molar-refractivity contribution in [1.29, 1.82) is 0 Å². The standard InChI is InChI=1S/C31H36O/c1-20(2)28-18-26-17-25-15-23(12-13-24(25)16-27(26)19-30(28)32)21(3)9-7-11-29-22(4)10-8-14-31(29,5)6/h7,9,11-13,15-20,32H,8,10,14H2,1-6H3/b11-7+,21-9+. The summed E-state index contributed by atoms with van der Waals surface area (Å²) in [5.41, 5.74) is 6.83. The number of hydrogen-bond acceptors (Lipinski definition) is 1. The minimum Gasteiger partial charge on any atom is -0.508 e. The molecule has 0 fully saturated rings. The van der Waals surface area contributed by atoms with E-state index in [0.29, 0.717) is 11.7 Å². The lowest BCUT2D eigenvalue weighted by molar-refractivity contribution is 0.377. The van der Waals surface area contributed by atoms with E-state index in [2.05, 4.69) is 96.2 Å². The number of fused-ring (bicyclic) bond motifs is 2. The minimum atomic E-state index is 0.272. The molecule has 0 radical (unpaired) electrons. The van der Waals surface area contributed by atoms with E-state index in [1.807, 2.05) is 6.07 Å². The van der Waals surface area contributed by atoms with Crippen LogP contribution < -0.4 is 0 Å². The number of allylic oxidation sites excluding steroid dienone is 6. The number of benzene rings is 3. The zero-order valence-electron chi connectivity index (χ0n) is 20.4. The fourth-order valence-corrected chi connectivity index (χ4v) is 5.16. The molecule has 166 valence electrons. The first-order valence-corrected chi connectivity index (χ1v) is 11.9. The predicted octanol–water partition coefficient (Wildman–Crippen LogP) is 9.31. The minimum absolute atomic E-state index is 0.272. The van der Waals surface area contributed by atoms with Gasteiger partial charge in [-0.25, -0.2) is 0 Å². The number of phenolic OH excluding ortho intramolecular Hbond substituents is 1. The second-order valence-electron chi connectivity index (χ2n) is 10.5. The highest BCUT2D eigenvalue weighted by Crippen LogP contribution is 2.40. The SMILES string of the molecule is CC1=C(/C=C/C=C(\C)c2ccc3cc4cc(O)c(C(C)C)cc4cc3c2)C(C)(C)CCC1. The van der Waals surface area contributed by atoms with Crippen LogP contribution in [-0.4, -0.2) is 5.11 Å². The molecule has 1 N–H and O–H groups in total. The van der Waals surface area contributed by atoms with Crippen molar-refractivity contribution in [2.75, 3.05) is 0 Å². The molecule has 0 bridgehead atoms. The summed E-state index contributed by atoms with van der Waals surface area (Å²) in [6.45, 7) is 13.4. The third-order valence-electron chi connectivity index (χ3n) is 7.17. The summed E-state index contributed by atoms with van der Waals surface area (Å²) in [7, 11) is 0. The number of aromatic hydroxyl groups is 1. The molecule has 32 heavy (non-hydrogen) atoms. The second-order valence-corrected chi connectivity index (χ2v) is 10.5. The Morgan fingerprint density at radius 1 is 0.969 bits per heavy atom. The first-order valence-electron chi connectivity index (χ1n) is 11.9. The Labute approximate surface area is 193 Å². The van der Waals surface area contributed by atoms with E-state index >= 15 is 0 Å². The van der Waals surface area contributed by atoms with Gasteiger partial charge in [0, 0.05) is 0 Å². The lowest BCUT2D eigenvalue weighted by Gasteiger charge is -2.32. The zero-order chi connectivity index (χ0) is 23.0. The van der Waals surface area contributed by atoms with Gasteiger partial charge in [-0.15, -0.1) is 0 Å². The molecule has 0 aliphatic heterocycles. The molecule has 0 amide bonds. The van der Waals surface area contributed by atoms with Crippen LogP contribution in [0.3, 0.4) is 0 Å². The highest BCUT2D eigenvalue weighted by Gasteiger charge is 2.26. The summed E-state index contributed by atoms with van der Waals surface area (Å²) in [6, 6.07) is 15.1. The van der Waals surface area contributed by atoms with Crippen LogP contribution in [0.2, 0.25) is 0 Å². The van der Waals surface area contributed by atoms with E-state index in [-0.39, 0.29) is 5.41 Å². The maximum Gasteiger partial charge on any atom is 0.119 e. The maximum atomic E-state index is 10.4. The Kier molecular flexibility index (Phi) is 6.03. The van der Waals surface area contributed by atoms with Gasteiger partial charge in [-0.05, 0) is 119 Å². The lowest BCUT2D eigenvalue weighted by Crippen LogP contribution is -2.18. The van der Waals surface area contributed by atoms with Gasteiger partial charge in [0.05, 0.1) is 0 Å². The highest BCUT2D eigenvalue weighted by molar-refractivity contribution is 6.00. The van der Waals surface area contributed by atoms with Crippen molar-refractivity contribution in [2.24, 2.45) is 5.41 Å². The number of hydrogen-bond donors (Lipinski definition) is 1. The fraction of sp³-hybridized carbons (Fsp3) is 0.355. The van der Waals surface area contributed by atoms with E-state index in [1.54, 1.807) is 0 Å². The molecule has 0 aromatic heterocycles. The molecule has 1 aliphatic carbocycles. The Bertz CT molecular complexity index is 1260. The van der Waals surface area contributed by atoms with Crippen molar-refractivity contribution in [3.63, 3.8) is 0 Å². The molecule has 0 unspecified atom stereocenters. The summed E-state index contributed by atoms with van der Waals surface area (Å²) in [4.78, 5) is 0. The second kappa shape index (κ2) is 8.62. The van der Waals surface area contributed by atoms with Crippen molar-refractivity contribution in [3.05, 3.63) is 83.0 Å². The maximum absolute atomic E-state index is 10.4. The van der Waals surface area contributed by atoms with Crippen molar-refractivity contribution in [2.45, 2.75) is 66.7 Å². The average molecular weight is 425 g/mol. The van der Waals surface area contributed by atoms with Crippen LogP contribution in [0.4, 0.5) is 0 Å². The first kappa shape index (κ1) is 22.4. The summed E-state index contributed by atoms with van der Waals surface area (Å²) in [6.07, 6.45) is 10.6. The van der Waals surface area contributed by atoms with E-state index in [0.717, 1.165) is 10.9 Å². The van der Waals surface area contributed by atoms with Gasteiger partial charge in [0.15, 0.2) is 0 Å². The van der Waals surface area contributed by atoms with E-state index in [1.165, 1.54) is 57.7 Å². The molecule has 1 aliphatic rings. The third-order valence-corrected chi connectivity index (χ3v) is 7.17. The molecule has 3 aromatic carbocycles. The Hall–Kier alpha value is -2.80. The van der Waals surface area contributed by atoms with E-state index in [4.69, 9.17) is 0 Å². The summed E-state index contributed by atoms with van der Waals surface area (Å²) in [5.74, 6) is 0.687. The lowest BCUT2D eigenvalue weighted by atomic mass is 9.72. The number of rotatable bonds is 4. The molecule has 0 saturated heterocycles. The van der Waals surface area contributed by atoms with Crippen LogP contribution in [0, 0.1) is 5.41 Å². The van der Waals surface area contributed by atoms with E-state index in [9.17, 15) is 5.11 Å². The summed E-state index contributed by atoms with van der Waals surface area (Å²) >= 11 is 0. The molecule has 1 heteroatoms. The van der Waals surface area contributed by atoms with Crippen molar-refractivity contribution >= 4 is 27.1 Å². The van der Waals surface area contributed by atoms with Gasteiger partial charge in [0.1, 0.15) is 5.75 Å². The van der Waals surface area contributed by atoms with Gasteiger partial charge < -0.3 is 5.11 Å². The van der Waals surface area contributed by atoms with Gasteiger partial charge in [-0.1, -0.05) is 63.6 Å². The van der Waals surface area contributed by atoms with E-state index < -0.39 is 0 Å². The Morgan fingerprint density at radius 2 is 1.66 bits per heavy atom. The fourth-order valence-electron chi connectivity index (χ4n) is 5.16. The van der Waals surface area contributed by atoms with Crippen molar-refractivity contribution in [1.82, 2.24) is 0 Å². The first-order chi connectivity index (χ1) is 15.2. The molecule has 4 rings (SSSR count). The van der Waals surface area contributed by atoms with Crippen LogP contribution >= 0.6 is 0 Å². The van der Waals surface area contributed by atoms with Gasteiger partial charge in [0.25, 0.3) is 0 Å². The van der Waals surface area contributed by atoms with Crippen LogP contribution in [0.5, 0.6) is 5.75 Å². The van der Waals surface area contributed by atoms with Crippen LogP contribution in [0.15, 0.2) is 71.8 Å². The molecule has 0 atom stereocenters. The summed E-state index contributed by atoms with van der Waals surface area (Å²) in [5, 5.41) is 15.1. The normalized spacial score (nSPS) is 17.3. The van der Waals surface area contributed by atoms with Gasteiger partial charge in [-0.2, -0.15) is 0 Å². The van der Waals surface area contributed by atoms with Crippen molar-refractivity contribution in [3.8, 4) is 5.75 Å². The van der Waals surface area contributed by atoms with Crippen LogP contribution in [-0.2, 0) is 0 Å². The largest absolute Gasteiger partial charge is 0.508 e. The Balaban J connectivity index is 1.68. The number of phenols is 1. The van der Waals surface area contributed by atoms with Gasteiger partial charge >= 0.3 is 0 Å². The van der Waals surface area contributed by atoms with Gasteiger partial charge in [0.2, 0.25) is 0 Å². The smallest absolute Gasteiger partial charge is 0.119 e. The average Bonchev–Trinajstić information content (AvgIpc) is 2.73. The zero-order valence-corrected chi connectivity index (χ0v) is 20.4. The topological polar surface area (TPSA) is 20.2 Å². The van der Waals surface area contributed by atoms with Crippen LogP contribution in [0.25, 0.3) is 27.1 Å². The highest BCUT2D eigenvalue weighted by atomic mass is 16.3. The molecule has 1 nitrogen and oxygen atoms in total. The molecule has 0 spiro atoms. The quantitative estimate of drug-likeness (QED) is 0.327. The Morgan fingerprint density at radius 3 is 2.38 bits per heavy atom. The van der Waals surface area contributed by atoms with Gasteiger partial charge in [-0.3, -0.25) is 0 Å². The molecule has 0 saturated carbocycles. The van der Waals surface area contributed by atoms with Crippen LogP contribution in [0.1, 0.15) is 77.8 Å². The predicted molar refractivity (Wildman–Crippen MR) is 140 cm³/mol. The molecule has 0 heterocycles. The van der Waals surface area contributed by atoms with Crippen molar-refractivity contribution < 1.29 is 5.11 Å². The summed E-state index contributed by atoms with van der Waals surface area (Å²) < 4.78 is 0. The molecule has 3 aromatic rings. The molecular formula is C31H36O. The monoisotopic (exact) mass is 424 g/mol. The third kappa shape index (κ3) is 4.39.